The molecule has 0 aromatic heterocycles. The Morgan fingerprint density at radius 2 is 1.18 bits per heavy atom. The van der Waals surface area contributed by atoms with Crippen LogP contribution >= 0.6 is 0 Å². The van der Waals surface area contributed by atoms with Crippen molar-refractivity contribution in [2.45, 2.75) is 18.9 Å². The molecule has 0 amide bonds. The molecule has 0 aliphatic carbocycles. The molecule has 0 saturated heterocycles. The van der Waals surface area contributed by atoms with Gasteiger partial charge in [-0.2, -0.15) is 0 Å². The number of nitrogens with zero attached hydrogens (tertiary/aromatic N) is 1. The summed E-state index contributed by atoms with van der Waals surface area (Å²) < 4.78 is 0. The number of benzene rings is 4. The number of para-hydroxylation sites is 1. The summed E-state index contributed by atoms with van der Waals surface area (Å²) in [4.78, 5) is 2.55. The molecule has 6 rings (SSSR count). The van der Waals surface area contributed by atoms with Crippen molar-refractivity contribution >= 4 is 11.4 Å². The molecule has 4 aromatic rings. The number of anilines is 2. The molecule has 0 radical (unpaired) electrons. The summed E-state index contributed by atoms with van der Waals surface area (Å²) >= 11 is 0. The average Bonchev–Trinajstić information content (AvgIpc) is 3.29. The van der Waals surface area contributed by atoms with Crippen molar-refractivity contribution in [2.24, 2.45) is 0 Å². The zero-order valence-electron chi connectivity index (χ0n) is 15.7. The van der Waals surface area contributed by atoms with E-state index in [1.165, 1.54) is 44.8 Å². The lowest BCUT2D eigenvalue weighted by molar-refractivity contribution is 0.725. The van der Waals surface area contributed by atoms with E-state index >= 15 is 0 Å². The Hall–Kier alpha value is -3.32. The molecule has 4 aromatic carbocycles. The molecule has 28 heavy (non-hydrogen) atoms. The lowest BCUT2D eigenvalue weighted by Gasteiger charge is -2.20. The largest absolute Gasteiger partial charge is 0.337 e. The van der Waals surface area contributed by atoms with Crippen LogP contribution in [0, 0.1) is 0 Å². The molecule has 2 aliphatic rings. The van der Waals surface area contributed by atoms with Crippen LogP contribution in [0.3, 0.4) is 0 Å². The van der Waals surface area contributed by atoms with E-state index in [-0.39, 0.29) is 0 Å². The highest BCUT2D eigenvalue weighted by Crippen LogP contribution is 2.47. The number of hydrogen-bond acceptors (Lipinski definition) is 1. The summed E-state index contributed by atoms with van der Waals surface area (Å²) in [6.45, 7) is 0. The Kier molecular flexibility index (Phi) is 3.42. The Labute approximate surface area is 165 Å². The van der Waals surface area contributed by atoms with Gasteiger partial charge in [0.25, 0.3) is 0 Å². The minimum atomic E-state index is 0.576. The summed E-state index contributed by atoms with van der Waals surface area (Å²) in [5, 5.41) is 0. The molecule has 0 bridgehead atoms. The first-order valence-corrected chi connectivity index (χ1v) is 10.0. The van der Waals surface area contributed by atoms with Gasteiger partial charge >= 0.3 is 0 Å². The Balaban J connectivity index is 1.45. The predicted molar refractivity (Wildman–Crippen MR) is 117 cm³/mol. The minimum Gasteiger partial charge on any atom is -0.337 e. The first kappa shape index (κ1) is 15.7. The highest BCUT2D eigenvalue weighted by atomic mass is 15.2. The van der Waals surface area contributed by atoms with Crippen LogP contribution in [0.5, 0.6) is 0 Å². The van der Waals surface area contributed by atoms with Gasteiger partial charge in [-0.3, -0.25) is 0 Å². The summed E-state index contributed by atoms with van der Waals surface area (Å²) in [5.74, 6) is 0. The summed E-state index contributed by atoms with van der Waals surface area (Å²) in [6, 6.07) is 35.9. The molecule has 1 unspecified atom stereocenters. The van der Waals surface area contributed by atoms with E-state index in [0.717, 1.165) is 12.8 Å². The molecular weight excluding hydrogens is 338 g/mol. The highest BCUT2D eigenvalue weighted by molar-refractivity contribution is 5.86. The van der Waals surface area contributed by atoms with Gasteiger partial charge in [-0.05, 0) is 64.4 Å². The van der Waals surface area contributed by atoms with Gasteiger partial charge < -0.3 is 4.90 Å². The third-order valence-electron chi connectivity index (χ3n) is 6.19. The molecule has 1 atom stereocenters. The topological polar surface area (TPSA) is 3.24 Å². The number of hydrogen-bond donors (Lipinski definition) is 0. The fourth-order valence-corrected chi connectivity index (χ4v) is 4.96. The van der Waals surface area contributed by atoms with Gasteiger partial charge in [0.05, 0.1) is 0 Å². The normalized spacial score (nSPS) is 16.6. The fourth-order valence-electron chi connectivity index (χ4n) is 4.96. The van der Waals surface area contributed by atoms with E-state index in [0.29, 0.717) is 6.04 Å². The third kappa shape index (κ3) is 2.33. The summed E-state index contributed by atoms with van der Waals surface area (Å²) in [7, 11) is 0. The fraction of sp³-hybridized carbons (Fsp3) is 0.111. The van der Waals surface area contributed by atoms with Crippen molar-refractivity contribution in [3.05, 3.63) is 108 Å². The molecule has 1 nitrogen and oxygen atoms in total. The van der Waals surface area contributed by atoms with E-state index in [9.17, 15) is 0 Å². The maximum Gasteiger partial charge on any atom is 0.0447 e. The first-order chi connectivity index (χ1) is 13.9. The first-order valence-electron chi connectivity index (χ1n) is 10.0. The van der Waals surface area contributed by atoms with Crippen LogP contribution in [-0.4, -0.2) is 6.04 Å². The zero-order valence-corrected chi connectivity index (χ0v) is 15.7. The maximum absolute atomic E-state index is 2.55. The standard InChI is InChI=1S/C27H21N/c1-2-8-19(9-3-1)24-11-5-6-12-25(24)20-14-15-27-22(16-20)18-23-17-21-10-4-7-13-26(21)28(23)27/h1-16,23H,17-18H2. The summed E-state index contributed by atoms with van der Waals surface area (Å²) in [5.41, 5.74) is 10.9. The predicted octanol–water partition coefficient (Wildman–Crippen LogP) is 6.64. The second-order valence-corrected chi connectivity index (χ2v) is 7.82. The second-order valence-electron chi connectivity index (χ2n) is 7.82. The van der Waals surface area contributed by atoms with Crippen molar-refractivity contribution in [3.63, 3.8) is 0 Å². The van der Waals surface area contributed by atoms with Crippen molar-refractivity contribution in [1.29, 1.82) is 0 Å². The molecule has 1 heteroatoms. The van der Waals surface area contributed by atoms with Gasteiger partial charge in [-0.1, -0.05) is 78.9 Å². The van der Waals surface area contributed by atoms with E-state index < -0.39 is 0 Å². The van der Waals surface area contributed by atoms with Crippen LogP contribution in [0.25, 0.3) is 22.3 Å². The van der Waals surface area contributed by atoms with Gasteiger partial charge in [0.2, 0.25) is 0 Å². The molecule has 2 aliphatic heterocycles. The number of fused-ring (bicyclic) bond motifs is 5. The second kappa shape index (κ2) is 6.10. The minimum absolute atomic E-state index is 0.576. The Morgan fingerprint density at radius 1 is 0.536 bits per heavy atom. The van der Waals surface area contributed by atoms with E-state index in [4.69, 9.17) is 0 Å². The van der Waals surface area contributed by atoms with E-state index in [1.54, 1.807) is 0 Å². The van der Waals surface area contributed by atoms with Crippen LogP contribution in [-0.2, 0) is 12.8 Å². The van der Waals surface area contributed by atoms with Crippen molar-refractivity contribution in [1.82, 2.24) is 0 Å². The van der Waals surface area contributed by atoms with Gasteiger partial charge in [-0.25, -0.2) is 0 Å². The molecule has 134 valence electrons. The van der Waals surface area contributed by atoms with Gasteiger partial charge in [-0.15, -0.1) is 0 Å². The molecule has 0 spiro atoms. The van der Waals surface area contributed by atoms with Gasteiger partial charge in [0.15, 0.2) is 0 Å². The van der Waals surface area contributed by atoms with Crippen LogP contribution in [0.1, 0.15) is 11.1 Å². The maximum atomic E-state index is 2.55. The number of rotatable bonds is 2. The highest BCUT2D eigenvalue weighted by Gasteiger charge is 2.36. The van der Waals surface area contributed by atoms with E-state index in [1.807, 2.05) is 0 Å². The van der Waals surface area contributed by atoms with Gasteiger partial charge in [0, 0.05) is 17.4 Å². The summed E-state index contributed by atoms with van der Waals surface area (Å²) in [6.07, 6.45) is 2.28. The van der Waals surface area contributed by atoms with Crippen molar-refractivity contribution < 1.29 is 0 Å². The molecule has 0 saturated carbocycles. The van der Waals surface area contributed by atoms with E-state index in [2.05, 4.69) is 102 Å². The monoisotopic (exact) mass is 359 g/mol. The average molecular weight is 359 g/mol. The smallest absolute Gasteiger partial charge is 0.0447 e. The molecular formula is C27H21N. The molecule has 2 heterocycles. The van der Waals surface area contributed by atoms with Crippen LogP contribution in [0.2, 0.25) is 0 Å². The quantitative estimate of drug-likeness (QED) is 0.388. The van der Waals surface area contributed by atoms with Gasteiger partial charge in [0.1, 0.15) is 0 Å². The lowest BCUT2D eigenvalue weighted by atomic mass is 9.93. The zero-order chi connectivity index (χ0) is 18.5. The van der Waals surface area contributed by atoms with Crippen LogP contribution in [0.15, 0.2) is 97.1 Å². The third-order valence-corrected chi connectivity index (χ3v) is 6.19. The Morgan fingerprint density at radius 3 is 2.04 bits per heavy atom. The molecule has 0 N–H and O–H groups in total. The van der Waals surface area contributed by atoms with Crippen LogP contribution < -0.4 is 4.90 Å². The van der Waals surface area contributed by atoms with Crippen LogP contribution in [0.4, 0.5) is 11.4 Å². The Bertz CT molecular complexity index is 1180. The SMILES string of the molecule is c1ccc(-c2ccccc2-c2ccc3c(c2)CC2Cc4ccccc4N32)cc1. The lowest BCUT2D eigenvalue weighted by Crippen LogP contribution is -2.22. The van der Waals surface area contributed by atoms with Crippen molar-refractivity contribution in [3.8, 4) is 22.3 Å². The van der Waals surface area contributed by atoms with Crippen molar-refractivity contribution in [2.75, 3.05) is 4.90 Å². The molecule has 0 fully saturated rings.